The molecule has 2 heteroatoms. The third-order valence-electron chi connectivity index (χ3n) is 4.56. The summed E-state index contributed by atoms with van der Waals surface area (Å²) in [7, 11) is 0. The van der Waals surface area contributed by atoms with Crippen LogP contribution >= 0.6 is 0 Å². The Hall–Kier alpha value is -1.96. The number of carbonyl (C=O) groups excluding carboxylic acids is 1. The minimum absolute atomic E-state index is 0.0195. The Morgan fingerprint density at radius 3 is 2.52 bits per heavy atom. The van der Waals surface area contributed by atoms with Crippen molar-refractivity contribution in [2.24, 2.45) is 0 Å². The molecule has 21 heavy (non-hydrogen) atoms. The molecule has 2 aromatic carbocycles. The number of hydrogen-bond acceptors (Lipinski definition) is 1. The molecular weight excluding hydrogens is 263 g/mol. The molecule has 0 aliphatic heterocycles. The van der Waals surface area contributed by atoms with Crippen molar-refractivity contribution in [2.45, 2.75) is 38.5 Å². The number of ketones is 1. The number of benzene rings is 2. The van der Waals surface area contributed by atoms with E-state index in [1.807, 2.05) is 24.3 Å². The van der Waals surface area contributed by atoms with E-state index in [1.165, 1.54) is 12.1 Å². The van der Waals surface area contributed by atoms with E-state index in [0.717, 1.165) is 29.5 Å². The molecule has 0 spiro atoms. The van der Waals surface area contributed by atoms with Crippen LogP contribution in [0.25, 0.3) is 0 Å². The molecule has 108 valence electrons. The van der Waals surface area contributed by atoms with Gasteiger partial charge in [0.15, 0.2) is 5.78 Å². The summed E-state index contributed by atoms with van der Waals surface area (Å²) in [6.07, 6.45) is 2.05. The summed E-state index contributed by atoms with van der Waals surface area (Å²) in [5.41, 5.74) is 3.37. The van der Waals surface area contributed by atoms with Crippen LogP contribution in [0.15, 0.2) is 42.5 Å². The van der Waals surface area contributed by atoms with Crippen molar-refractivity contribution in [3.8, 4) is 0 Å². The standard InChI is InChI=1S/C19H19FO/c1-3-6-14-12(2)18-11-13(20)9-10-17(18)19(21)16-8-5-4-7-15(14)16/h4-5,7-12,14H,3,6H2,1-2H3/t12?,14-/m0/s1. The smallest absolute Gasteiger partial charge is 0.193 e. The molecular formula is C19H19FO. The predicted molar refractivity (Wildman–Crippen MR) is 82.3 cm³/mol. The summed E-state index contributed by atoms with van der Waals surface area (Å²) >= 11 is 0. The highest BCUT2D eigenvalue weighted by molar-refractivity contribution is 6.11. The first-order chi connectivity index (χ1) is 10.1. The van der Waals surface area contributed by atoms with E-state index in [1.54, 1.807) is 6.07 Å². The molecule has 1 aliphatic rings. The SMILES string of the molecule is CCC[C@@H]1c2ccccc2C(=O)c2ccc(F)cc2C1C. The average Bonchev–Trinajstić information content (AvgIpc) is 2.58. The molecule has 0 fully saturated rings. The first-order valence-electron chi connectivity index (χ1n) is 7.56. The Morgan fingerprint density at radius 1 is 1.05 bits per heavy atom. The lowest BCUT2D eigenvalue weighted by molar-refractivity contribution is 0.103. The number of halogens is 1. The lowest BCUT2D eigenvalue weighted by atomic mass is 9.80. The summed E-state index contributed by atoms with van der Waals surface area (Å²) < 4.78 is 13.7. The molecule has 1 nitrogen and oxygen atoms in total. The maximum absolute atomic E-state index is 13.7. The summed E-state index contributed by atoms with van der Waals surface area (Å²) in [6.45, 7) is 4.25. The lowest BCUT2D eigenvalue weighted by Crippen LogP contribution is -2.08. The summed E-state index contributed by atoms with van der Waals surface area (Å²) in [4.78, 5) is 12.8. The van der Waals surface area contributed by atoms with Crippen LogP contribution in [-0.4, -0.2) is 5.78 Å². The number of rotatable bonds is 2. The monoisotopic (exact) mass is 282 g/mol. The zero-order valence-electron chi connectivity index (χ0n) is 12.4. The van der Waals surface area contributed by atoms with Gasteiger partial charge in [0.25, 0.3) is 0 Å². The maximum Gasteiger partial charge on any atom is 0.193 e. The van der Waals surface area contributed by atoms with Gasteiger partial charge in [-0.25, -0.2) is 4.39 Å². The van der Waals surface area contributed by atoms with Gasteiger partial charge in [-0.2, -0.15) is 0 Å². The fourth-order valence-corrected chi connectivity index (χ4v) is 3.49. The van der Waals surface area contributed by atoms with Crippen LogP contribution in [0, 0.1) is 5.82 Å². The molecule has 2 aromatic rings. The molecule has 1 unspecified atom stereocenters. The highest BCUT2D eigenvalue weighted by Crippen LogP contribution is 2.42. The molecule has 0 N–H and O–H groups in total. The fourth-order valence-electron chi connectivity index (χ4n) is 3.49. The van der Waals surface area contributed by atoms with Crippen molar-refractivity contribution >= 4 is 5.78 Å². The minimum Gasteiger partial charge on any atom is -0.289 e. The Balaban J connectivity index is 2.26. The molecule has 0 amide bonds. The molecule has 0 radical (unpaired) electrons. The van der Waals surface area contributed by atoms with Crippen molar-refractivity contribution in [1.29, 1.82) is 0 Å². The highest BCUT2D eigenvalue weighted by atomic mass is 19.1. The molecule has 0 saturated carbocycles. The van der Waals surface area contributed by atoms with E-state index in [2.05, 4.69) is 13.8 Å². The van der Waals surface area contributed by atoms with Gasteiger partial charge in [-0.1, -0.05) is 44.5 Å². The second-order valence-electron chi connectivity index (χ2n) is 5.83. The van der Waals surface area contributed by atoms with Crippen molar-refractivity contribution in [3.63, 3.8) is 0 Å². The normalized spacial score (nSPS) is 20.6. The van der Waals surface area contributed by atoms with Gasteiger partial charge in [-0.3, -0.25) is 4.79 Å². The molecule has 0 bridgehead atoms. The van der Waals surface area contributed by atoms with Crippen molar-refractivity contribution in [3.05, 3.63) is 70.5 Å². The van der Waals surface area contributed by atoms with Gasteiger partial charge in [0, 0.05) is 11.1 Å². The van der Waals surface area contributed by atoms with Crippen LogP contribution in [0.5, 0.6) is 0 Å². The maximum atomic E-state index is 13.7. The van der Waals surface area contributed by atoms with E-state index >= 15 is 0 Å². The van der Waals surface area contributed by atoms with Gasteiger partial charge >= 0.3 is 0 Å². The highest BCUT2D eigenvalue weighted by Gasteiger charge is 2.31. The summed E-state index contributed by atoms with van der Waals surface area (Å²) in [5, 5.41) is 0. The number of hydrogen-bond donors (Lipinski definition) is 0. The van der Waals surface area contributed by atoms with E-state index in [4.69, 9.17) is 0 Å². The average molecular weight is 282 g/mol. The van der Waals surface area contributed by atoms with Gasteiger partial charge in [0.05, 0.1) is 0 Å². The molecule has 3 rings (SSSR count). The van der Waals surface area contributed by atoms with E-state index in [9.17, 15) is 9.18 Å². The van der Waals surface area contributed by atoms with Gasteiger partial charge in [-0.15, -0.1) is 0 Å². The number of fused-ring (bicyclic) bond motifs is 2. The summed E-state index contributed by atoms with van der Waals surface area (Å²) in [5.74, 6) is 0.155. The Labute approximate surface area is 124 Å². The van der Waals surface area contributed by atoms with E-state index in [-0.39, 0.29) is 23.4 Å². The quantitative estimate of drug-likeness (QED) is 0.752. The zero-order chi connectivity index (χ0) is 15.0. The Bertz CT molecular complexity index is 690. The summed E-state index contributed by atoms with van der Waals surface area (Å²) in [6, 6.07) is 12.4. The fraction of sp³-hybridized carbons (Fsp3) is 0.316. The molecule has 0 aromatic heterocycles. The van der Waals surface area contributed by atoms with Crippen LogP contribution in [0.1, 0.15) is 65.6 Å². The van der Waals surface area contributed by atoms with Crippen LogP contribution < -0.4 is 0 Å². The van der Waals surface area contributed by atoms with Crippen LogP contribution in [0.4, 0.5) is 4.39 Å². The molecule has 2 atom stereocenters. The number of carbonyl (C=O) groups is 1. The van der Waals surface area contributed by atoms with Crippen molar-refractivity contribution in [2.75, 3.05) is 0 Å². The largest absolute Gasteiger partial charge is 0.289 e. The van der Waals surface area contributed by atoms with Crippen LogP contribution in [0.3, 0.4) is 0 Å². The first-order valence-corrected chi connectivity index (χ1v) is 7.56. The minimum atomic E-state index is -0.269. The van der Waals surface area contributed by atoms with Crippen molar-refractivity contribution < 1.29 is 9.18 Å². The molecule has 1 aliphatic carbocycles. The van der Waals surface area contributed by atoms with E-state index in [0.29, 0.717) is 5.56 Å². The predicted octanol–water partition coefficient (Wildman–Crippen LogP) is 5.06. The first kappa shape index (κ1) is 14.0. The van der Waals surface area contributed by atoms with Gasteiger partial charge in [0.1, 0.15) is 5.82 Å². The third kappa shape index (κ3) is 2.29. The Kier molecular flexibility index (Phi) is 3.62. The second kappa shape index (κ2) is 5.44. The molecule has 0 heterocycles. The Morgan fingerprint density at radius 2 is 1.76 bits per heavy atom. The van der Waals surface area contributed by atoms with Crippen LogP contribution in [-0.2, 0) is 0 Å². The van der Waals surface area contributed by atoms with Crippen LogP contribution in [0.2, 0.25) is 0 Å². The van der Waals surface area contributed by atoms with Gasteiger partial charge in [0.2, 0.25) is 0 Å². The second-order valence-corrected chi connectivity index (χ2v) is 5.83. The van der Waals surface area contributed by atoms with Gasteiger partial charge in [-0.05, 0) is 47.6 Å². The zero-order valence-corrected chi connectivity index (χ0v) is 12.4. The van der Waals surface area contributed by atoms with Crippen molar-refractivity contribution in [1.82, 2.24) is 0 Å². The molecule has 0 saturated heterocycles. The topological polar surface area (TPSA) is 17.1 Å². The van der Waals surface area contributed by atoms with Gasteiger partial charge < -0.3 is 0 Å². The van der Waals surface area contributed by atoms with E-state index < -0.39 is 0 Å². The third-order valence-corrected chi connectivity index (χ3v) is 4.56. The lowest BCUT2D eigenvalue weighted by Gasteiger charge is -2.24.